The third-order valence-corrected chi connectivity index (χ3v) is 8.27. The molecule has 2 aliphatic heterocycles. The Kier molecular flexibility index (Phi) is 9.78. The highest BCUT2D eigenvalue weighted by Crippen LogP contribution is 2.45. The van der Waals surface area contributed by atoms with Crippen molar-refractivity contribution in [2.45, 2.75) is 31.0 Å². The largest absolute Gasteiger partial charge is 0.494 e. The van der Waals surface area contributed by atoms with E-state index in [4.69, 9.17) is 52.2 Å². The number of rotatable bonds is 12. The van der Waals surface area contributed by atoms with Crippen LogP contribution in [0.5, 0.6) is 17.2 Å². The van der Waals surface area contributed by atoms with Gasteiger partial charge in [0.1, 0.15) is 5.75 Å². The van der Waals surface area contributed by atoms with Gasteiger partial charge in [-0.15, -0.1) is 0 Å². The third kappa shape index (κ3) is 6.99. The molecular weight excluding hydrogens is 627 g/mol. The minimum Gasteiger partial charge on any atom is -0.494 e. The van der Waals surface area contributed by atoms with E-state index in [1.165, 1.54) is 0 Å². The van der Waals surface area contributed by atoms with Crippen LogP contribution in [0.4, 0.5) is 0 Å². The molecule has 4 aromatic carbocycles. The Morgan fingerprint density at radius 1 is 1.00 bits per heavy atom. The Morgan fingerprint density at radius 2 is 1.80 bits per heavy atom. The molecule has 2 aliphatic rings. The highest BCUT2D eigenvalue weighted by Gasteiger charge is 2.53. The summed E-state index contributed by atoms with van der Waals surface area (Å²) in [7, 11) is 0. The zero-order chi connectivity index (χ0) is 31.9. The number of nitrogens with zero attached hydrogens (tertiary/aromatic N) is 1. The zero-order valence-electron chi connectivity index (χ0n) is 24.8. The number of carbonyl (C=O) groups excluding carboxylic acids is 1. The quantitative estimate of drug-likeness (QED) is 0.157. The topological polar surface area (TPSA) is 98.6 Å². The standard InChI is InChI=1S/C36H32Cl2N2O6/c37-27-12-15-29(30(38)21-27)33-36(17-4-8-24-6-2-1-3-7-24,35(42)39-22-25-9-16-31-32(20-25)45-23-44-31)40-34(46-33)26-10-13-28(14-11-26)43-19-5-18-41/h1-4,6-16,20-21,33,41H,5,17-19,22-23H2,(H,39,42)/b8-4+/t33-,36-/m1/s1. The molecule has 2 heterocycles. The molecular formula is C36H32Cl2N2O6. The van der Waals surface area contributed by atoms with Crippen molar-refractivity contribution in [3.05, 3.63) is 129 Å². The van der Waals surface area contributed by atoms with Gasteiger partial charge in [-0.1, -0.05) is 77.8 Å². The van der Waals surface area contributed by atoms with Gasteiger partial charge in [0.05, 0.1) is 6.61 Å². The highest BCUT2D eigenvalue weighted by molar-refractivity contribution is 6.35. The Hall–Kier alpha value is -4.50. The zero-order valence-corrected chi connectivity index (χ0v) is 26.3. The van der Waals surface area contributed by atoms with Gasteiger partial charge in [0, 0.05) is 47.2 Å². The number of hydrogen-bond donors (Lipinski definition) is 2. The summed E-state index contributed by atoms with van der Waals surface area (Å²) >= 11 is 13.0. The van der Waals surface area contributed by atoms with E-state index < -0.39 is 11.6 Å². The van der Waals surface area contributed by atoms with Crippen LogP contribution in [0.2, 0.25) is 10.0 Å². The van der Waals surface area contributed by atoms with E-state index >= 15 is 0 Å². The summed E-state index contributed by atoms with van der Waals surface area (Å²) in [5, 5.41) is 13.0. The van der Waals surface area contributed by atoms with Crippen LogP contribution in [-0.2, 0) is 16.1 Å². The lowest BCUT2D eigenvalue weighted by atomic mass is 9.84. The van der Waals surface area contributed by atoms with Crippen LogP contribution >= 0.6 is 23.2 Å². The Morgan fingerprint density at radius 3 is 2.59 bits per heavy atom. The monoisotopic (exact) mass is 658 g/mol. The molecule has 0 spiro atoms. The molecule has 46 heavy (non-hydrogen) atoms. The van der Waals surface area contributed by atoms with Crippen molar-refractivity contribution < 1.29 is 28.8 Å². The summed E-state index contributed by atoms with van der Waals surface area (Å²) in [5.74, 6) is 1.90. The average molecular weight is 660 g/mol. The molecule has 10 heteroatoms. The van der Waals surface area contributed by atoms with Gasteiger partial charge in [-0.05, 0) is 59.7 Å². The number of benzene rings is 4. The molecule has 0 fully saturated rings. The lowest BCUT2D eigenvalue weighted by molar-refractivity contribution is -0.129. The molecule has 2 atom stereocenters. The van der Waals surface area contributed by atoms with Crippen LogP contribution in [-0.4, -0.2) is 42.5 Å². The van der Waals surface area contributed by atoms with E-state index in [1.54, 1.807) is 30.3 Å². The molecule has 0 aromatic heterocycles. The number of fused-ring (bicyclic) bond motifs is 1. The maximum Gasteiger partial charge on any atom is 0.252 e. The van der Waals surface area contributed by atoms with Crippen LogP contribution < -0.4 is 19.5 Å². The lowest BCUT2D eigenvalue weighted by Gasteiger charge is -2.30. The van der Waals surface area contributed by atoms with E-state index in [0.717, 1.165) is 11.1 Å². The molecule has 0 unspecified atom stereocenters. The summed E-state index contributed by atoms with van der Waals surface area (Å²) < 4.78 is 23.2. The van der Waals surface area contributed by atoms with Gasteiger partial charge in [0.25, 0.3) is 5.91 Å². The molecule has 0 aliphatic carbocycles. The number of aliphatic imine (C=N–C) groups is 1. The number of amides is 1. The van der Waals surface area contributed by atoms with Crippen molar-refractivity contribution in [1.29, 1.82) is 0 Å². The lowest BCUT2D eigenvalue weighted by Crippen LogP contribution is -2.47. The van der Waals surface area contributed by atoms with Crippen molar-refractivity contribution in [1.82, 2.24) is 5.32 Å². The van der Waals surface area contributed by atoms with Crippen molar-refractivity contribution in [3.63, 3.8) is 0 Å². The van der Waals surface area contributed by atoms with Gasteiger partial charge >= 0.3 is 0 Å². The van der Waals surface area contributed by atoms with E-state index in [1.807, 2.05) is 72.8 Å². The van der Waals surface area contributed by atoms with E-state index in [2.05, 4.69) is 5.32 Å². The summed E-state index contributed by atoms with van der Waals surface area (Å²) in [6.45, 7) is 0.835. The number of hydrogen-bond acceptors (Lipinski definition) is 7. The molecule has 0 radical (unpaired) electrons. The Bertz CT molecular complexity index is 1750. The number of halogens is 2. The van der Waals surface area contributed by atoms with Gasteiger partial charge in [0.2, 0.25) is 12.7 Å². The van der Waals surface area contributed by atoms with Crippen molar-refractivity contribution in [2.75, 3.05) is 20.0 Å². The summed E-state index contributed by atoms with van der Waals surface area (Å²) in [5.41, 5.74) is 1.65. The smallest absolute Gasteiger partial charge is 0.252 e. The molecule has 1 amide bonds. The first-order valence-electron chi connectivity index (χ1n) is 14.9. The molecule has 4 aromatic rings. The predicted octanol–water partition coefficient (Wildman–Crippen LogP) is 7.16. The van der Waals surface area contributed by atoms with Gasteiger partial charge < -0.3 is 29.4 Å². The highest BCUT2D eigenvalue weighted by atomic mass is 35.5. The fraction of sp³-hybridized carbons (Fsp3) is 0.222. The first-order valence-corrected chi connectivity index (χ1v) is 15.6. The van der Waals surface area contributed by atoms with E-state index in [0.29, 0.717) is 57.3 Å². The van der Waals surface area contributed by atoms with E-state index in [-0.39, 0.29) is 32.3 Å². The fourth-order valence-electron chi connectivity index (χ4n) is 5.33. The van der Waals surface area contributed by atoms with Gasteiger partial charge in [-0.3, -0.25) is 4.79 Å². The number of nitrogens with one attached hydrogen (secondary N) is 1. The number of aliphatic hydroxyl groups is 1. The SMILES string of the molecule is O=C(NCc1ccc2c(c1)OCO2)[C@]1(C/C=C/c2ccccc2)N=C(c2ccc(OCCCO)cc2)O[C@@H]1c1ccc(Cl)cc1Cl. The van der Waals surface area contributed by atoms with Crippen LogP contribution in [0.1, 0.15) is 41.2 Å². The molecule has 6 rings (SSSR count). The van der Waals surface area contributed by atoms with Crippen LogP contribution in [0, 0.1) is 0 Å². The molecule has 236 valence electrons. The Labute approximate surface area is 277 Å². The van der Waals surface area contributed by atoms with Crippen molar-refractivity contribution in [3.8, 4) is 17.2 Å². The normalized spacial score (nSPS) is 18.3. The Balaban J connectivity index is 1.37. The maximum atomic E-state index is 14.5. The maximum absolute atomic E-state index is 14.5. The third-order valence-electron chi connectivity index (χ3n) is 7.70. The van der Waals surface area contributed by atoms with E-state index in [9.17, 15) is 4.79 Å². The predicted molar refractivity (Wildman–Crippen MR) is 178 cm³/mol. The van der Waals surface area contributed by atoms with Crippen LogP contribution in [0.15, 0.2) is 102 Å². The second kappa shape index (κ2) is 14.3. The fourth-order valence-corrected chi connectivity index (χ4v) is 5.84. The van der Waals surface area contributed by atoms with Crippen molar-refractivity contribution in [2.24, 2.45) is 4.99 Å². The minimum atomic E-state index is -1.43. The first-order chi connectivity index (χ1) is 22.4. The summed E-state index contributed by atoms with van der Waals surface area (Å²) in [6, 6.07) is 27.8. The molecule has 2 N–H and O–H groups in total. The van der Waals surface area contributed by atoms with Gasteiger partial charge in [-0.2, -0.15) is 0 Å². The number of aliphatic hydroxyl groups excluding tert-OH is 1. The average Bonchev–Trinajstić information content (AvgIpc) is 3.70. The van der Waals surface area contributed by atoms with Gasteiger partial charge in [-0.25, -0.2) is 4.99 Å². The summed E-state index contributed by atoms with van der Waals surface area (Å²) in [4.78, 5) is 19.5. The molecule has 8 nitrogen and oxygen atoms in total. The second-order valence-electron chi connectivity index (χ2n) is 10.8. The van der Waals surface area contributed by atoms with Crippen LogP contribution in [0.3, 0.4) is 0 Å². The molecule has 0 bridgehead atoms. The van der Waals surface area contributed by atoms with Gasteiger partial charge in [0.15, 0.2) is 23.1 Å². The molecule has 0 saturated carbocycles. The first kappa shape index (κ1) is 31.5. The van der Waals surface area contributed by atoms with Crippen molar-refractivity contribution >= 4 is 41.1 Å². The second-order valence-corrected chi connectivity index (χ2v) is 11.7. The van der Waals surface area contributed by atoms with Crippen LogP contribution in [0.25, 0.3) is 6.08 Å². The molecule has 0 saturated heterocycles. The minimum absolute atomic E-state index is 0.0505. The number of carbonyl (C=O) groups is 1. The summed E-state index contributed by atoms with van der Waals surface area (Å²) in [6.07, 6.45) is 3.76. The number of ether oxygens (including phenoxy) is 4.